The van der Waals surface area contributed by atoms with Crippen LogP contribution in [0.5, 0.6) is 5.75 Å². The molecule has 0 atom stereocenters. The summed E-state index contributed by atoms with van der Waals surface area (Å²) in [6.07, 6.45) is 4.13. The zero-order valence-electron chi connectivity index (χ0n) is 17.0. The van der Waals surface area contributed by atoms with Gasteiger partial charge >= 0.3 is 0 Å². The molecule has 0 bridgehead atoms. The van der Waals surface area contributed by atoms with E-state index in [1.165, 1.54) is 0 Å². The lowest BCUT2D eigenvalue weighted by Gasteiger charge is -2.10. The lowest BCUT2D eigenvalue weighted by atomic mass is 10.00. The van der Waals surface area contributed by atoms with Gasteiger partial charge in [-0.3, -0.25) is 4.40 Å². The van der Waals surface area contributed by atoms with Crippen LogP contribution in [-0.2, 0) is 0 Å². The van der Waals surface area contributed by atoms with Crippen LogP contribution in [0.2, 0.25) is 0 Å². The second-order valence-corrected chi connectivity index (χ2v) is 7.20. The van der Waals surface area contributed by atoms with Gasteiger partial charge in [0, 0.05) is 11.3 Å². The van der Waals surface area contributed by atoms with E-state index in [0.29, 0.717) is 11.2 Å². The van der Waals surface area contributed by atoms with Crippen LogP contribution in [0.15, 0.2) is 84.9 Å². The predicted octanol–water partition coefficient (Wildman–Crippen LogP) is 6.21. The highest BCUT2D eigenvalue weighted by molar-refractivity contribution is 5.89. The molecule has 31 heavy (non-hydrogen) atoms. The SMILES string of the molecule is COc1ccc(C=Cc2cc(-c3ccccc3)c(C#N)c3nc4ccccc4n23)cc1. The summed E-state index contributed by atoms with van der Waals surface area (Å²) in [5.41, 5.74) is 6.96. The molecular formula is C27H19N3O. The highest BCUT2D eigenvalue weighted by atomic mass is 16.5. The zero-order chi connectivity index (χ0) is 21.2. The maximum Gasteiger partial charge on any atom is 0.157 e. The molecule has 0 radical (unpaired) electrons. The number of methoxy groups -OCH3 is 1. The Morgan fingerprint density at radius 3 is 2.39 bits per heavy atom. The van der Waals surface area contributed by atoms with E-state index in [9.17, 15) is 5.26 Å². The van der Waals surface area contributed by atoms with Crippen LogP contribution in [0.25, 0.3) is 40.0 Å². The first kappa shape index (κ1) is 18.7. The van der Waals surface area contributed by atoms with Crippen LogP contribution >= 0.6 is 0 Å². The van der Waals surface area contributed by atoms with Crippen LogP contribution < -0.4 is 4.74 Å². The molecule has 3 aromatic carbocycles. The molecule has 0 aliphatic carbocycles. The van der Waals surface area contributed by atoms with Crippen molar-refractivity contribution >= 4 is 28.8 Å². The molecule has 0 saturated heterocycles. The summed E-state index contributed by atoms with van der Waals surface area (Å²) in [6.45, 7) is 0. The van der Waals surface area contributed by atoms with Gasteiger partial charge in [-0.2, -0.15) is 5.26 Å². The number of benzene rings is 3. The smallest absolute Gasteiger partial charge is 0.157 e. The van der Waals surface area contributed by atoms with Gasteiger partial charge in [-0.05, 0) is 47.5 Å². The van der Waals surface area contributed by atoms with Gasteiger partial charge in [0.15, 0.2) is 5.65 Å². The fourth-order valence-corrected chi connectivity index (χ4v) is 3.83. The van der Waals surface area contributed by atoms with Gasteiger partial charge in [0.25, 0.3) is 0 Å². The summed E-state index contributed by atoms with van der Waals surface area (Å²) in [6, 6.07) is 30.3. The lowest BCUT2D eigenvalue weighted by molar-refractivity contribution is 0.415. The average molecular weight is 401 g/mol. The molecule has 4 heteroatoms. The van der Waals surface area contributed by atoms with Crippen LogP contribution in [0.4, 0.5) is 0 Å². The number of imidazole rings is 1. The second kappa shape index (κ2) is 7.81. The van der Waals surface area contributed by atoms with Crippen LogP contribution in [0.3, 0.4) is 0 Å². The summed E-state index contributed by atoms with van der Waals surface area (Å²) < 4.78 is 7.31. The Bertz CT molecular complexity index is 1460. The van der Waals surface area contributed by atoms with Crippen LogP contribution in [0, 0.1) is 11.3 Å². The van der Waals surface area contributed by atoms with Crippen molar-refractivity contribution in [1.82, 2.24) is 9.38 Å². The molecule has 0 amide bonds. The number of nitriles is 1. The monoisotopic (exact) mass is 401 g/mol. The molecule has 4 nitrogen and oxygen atoms in total. The number of rotatable bonds is 4. The number of hydrogen-bond donors (Lipinski definition) is 0. The normalized spacial score (nSPS) is 11.2. The standard InChI is InChI=1S/C27H19N3O/c1-31-22-15-12-19(13-16-22)11-14-21-17-23(20-7-3-2-4-8-20)24(18-28)27-29-25-9-5-6-10-26(25)30(21)27/h2-17H,1H3. The highest BCUT2D eigenvalue weighted by Gasteiger charge is 2.16. The third kappa shape index (κ3) is 3.33. The van der Waals surface area contributed by atoms with Crippen molar-refractivity contribution < 1.29 is 4.74 Å². The third-order valence-corrected chi connectivity index (χ3v) is 5.36. The van der Waals surface area contributed by atoms with Gasteiger partial charge in [0.2, 0.25) is 0 Å². The molecule has 5 aromatic rings. The van der Waals surface area contributed by atoms with E-state index in [-0.39, 0.29) is 0 Å². The van der Waals surface area contributed by atoms with E-state index >= 15 is 0 Å². The van der Waals surface area contributed by atoms with E-state index < -0.39 is 0 Å². The Morgan fingerprint density at radius 1 is 0.903 bits per heavy atom. The third-order valence-electron chi connectivity index (χ3n) is 5.36. The first-order valence-corrected chi connectivity index (χ1v) is 10.0. The zero-order valence-corrected chi connectivity index (χ0v) is 17.0. The topological polar surface area (TPSA) is 50.3 Å². The minimum absolute atomic E-state index is 0.573. The number of para-hydroxylation sites is 2. The molecule has 0 fully saturated rings. The van der Waals surface area contributed by atoms with Crippen molar-refractivity contribution in [3.8, 4) is 22.9 Å². The Hall–Kier alpha value is -4.36. The summed E-state index contributed by atoms with van der Waals surface area (Å²) in [5, 5.41) is 10.0. The van der Waals surface area contributed by atoms with E-state index in [2.05, 4.69) is 28.7 Å². The summed E-state index contributed by atoms with van der Waals surface area (Å²) in [7, 11) is 1.66. The van der Waals surface area contributed by atoms with E-state index in [0.717, 1.165) is 39.2 Å². The molecular weight excluding hydrogens is 382 g/mol. The number of fused-ring (bicyclic) bond motifs is 3. The number of hydrogen-bond acceptors (Lipinski definition) is 3. The predicted molar refractivity (Wildman–Crippen MR) is 125 cm³/mol. The fourth-order valence-electron chi connectivity index (χ4n) is 3.83. The average Bonchev–Trinajstić information content (AvgIpc) is 3.22. The summed E-state index contributed by atoms with van der Waals surface area (Å²) in [4.78, 5) is 4.80. The molecule has 148 valence electrons. The molecule has 0 saturated carbocycles. The van der Waals surface area contributed by atoms with Crippen LogP contribution in [0.1, 0.15) is 16.8 Å². The van der Waals surface area contributed by atoms with Gasteiger partial charge in [-0.15, -0.1) is 0 Å². The van der Waals surface area contributed by atoms with Gasteiger partial charge in [-0.25, -0.2) is 4.98 Å². The van der Waals surface area contributed by atoms with Gasteiger partial charge in [0.1, 0.15) is 17.4 Å². The fraction of sp³-hybridized carbons (Fsp3) is 0.0370. The molecule has 2 heterocycles. The second-order valence-electron chi connectivity index (χ2n) is 7.20. The Morgan fingerprint density at radius 2 is 1.65 bits per heavy atom. The number of aromatic nitrogens is 2. The molecule has 0 spiro atoms. The summed E-state index contributed by atoms with van der Waals surface area (Å²) in [5.74, 6) is 0.824. The molecule has 0 unspecified atom stereocenters. The maximum atomic E-state index is 10.0. The molecule has 0 aliphatic rings. The van der Waals surface area contributed by atoms with Crippen molar-refractivity contribution in [3.63, 3.8) is 0 Å². The van der Waals surface area contributed by atoms with Gasteiger partial charge < -0.3 is 4.74 Å². The molecule has 2 aromatic heterocycles. The van der Waals surface area contributed by atoms with Crippen molar-refractivity contribution in [1.29, 1.82) is 5.26 Å². The van der Waals surface area contributed by atoms with E-state index in [1.54, 1.807) is 7.11 Å². The van der Waals surface area contributed by atoms with Crippen LogP contribution in [-0.4, -0.2) is 16.5 Å². The van der Waals surface area contributed by atoms with Crippen molar-refractivity contribution in [3.05, 3.63) is 102 Å². The Labute approximate surface area is 180 Å². The van der Waals surface area contributed by atoms with Gasteiger partial charge in [0.05, 0.1) is 18.1 Å². The number of nitrogens with zero attached hydrogens (tertiary/aromatic N) is 3. The largest absolute Gasteiger partial charge is 0.497 e. The molecule has 0 aliphatic heterocycles. The first-order valence-electron chi connectivity index (χ1n) is 10.0. The molecule has 0 N–H and O–H groups in total. The van der Waals surface area contributed by atoms with E-state index in [4.69, 9.17) is 9.72 Å². The van der Waals surface area contributed by atoms with Crippen molar-refractivity contribution in [2.45, 2.75) is 0 Å². The van der Waals surface area contributed by atoms with Crippen molar-refractivity contribution in [2.75, 3.05) is 7.11 Å². The number of pyridine rings is 1. The van der Waals surface area contributed by atoms with Gasteiger partial charge in [-0.1, -0.05) is 60.7 Å². The Kier molecular flexibility index (Phi) is 4.70. The quantitative estimate of drug-likeness (QED) is 0.360. The minimum atomic E-state index is 0.573. The Balaban J connectivity index is 1.77. The lowest BCUT2D eigenvalue weighted by Crippen LogP contribution is -1.98. The summed E-state index contributed by atoms with van der Waals surface area (Å²) >= 11 is 0. The minimum Gasteiger partial charge on any atom is -0.497 e. The molecule has 5 rings (SSSR count). The number of ether oxygens (including phenoxy) is 1. The highest BCUT2D eigenvalue weighted by Crippen LogP contribution is 2.31. The van der Waals surface area contributed by atoms with E-state index in [1.807, 2.05) is 78.9 Å². The first-order chi connectivity index (χ1) is 15.3. The maximum absolute atomic E-state index is 10.0. The van der Waals surface area contributed by atoms with Crippen molar-refractivity contribution in [2.24, 2.45) is 0 Å².